The van der Waals surface area contributed by atoms with Gasteiger partial charge in [0.15, 0.2) is 5.78 Å². The van der Waals surface area contributed by atoms with Crippen LogP contribution in [0.1, 0.15) is 16.8 Å². The molecule has 0 aromatic carbocycles. The van der Waals surface area contributed by atoms with Crippen molar-refractivity contribution in [3.8, 4) is 5.88 Å². The van der Waals surface area contributed by atoms with Crippen molar-refractivity contribution in [3.05, 3.63) is 22.3 Å². The summed E-state index contributed by atoms with van der Waals surface area (Å²) in [4.78, 5) is 15.5. The number of hydrogen-bond acceptors (Lipinski definition) is 4. The Morgan fingerprint density at radius 1 is 1.71 bits per heavy atom. The molecule has 0 aliphatic heterocycles. The number of Topliss-reactive ketones (excluding diaryl/α,β-unsaturated/α-hetero) is 1. The van der Waals surface area contributed by atoms with E-state index in [0.717, 1.165) is 4.47 Å². The van der Waals surface area contributed by atoms with Crippen LogP contribution in [0.4, 0.5) is 0 Å². The molecule has 0 bridgehead atoms. The van der Waals surface area contributed by atoms with Crippen molar-refractivity contribution >= 4 is 21.7 Å². The van der Waals surface area contributed by atoms with Crippen molar-refractivity contribution in [2.75, 3.05) is 13.7 Å². The quantitative estimate of drug-likeness (QED) is 0.829. The summed E-state index contributed by atoms with van der Waals surface area (Å²) in [7, 11) is 1.48. The van der Waals surface area contributed by atoms with E-state index in [2.05, 4.69) is 20.9 Å². The molecule has 0 fully saturated rings. The minimum absolute atomic E-state index is 0.0573. The van der Waals surface area contributed by atoms with Crippen molar-refractivity contribution in [3.63, 3.8) is 0 Å². The van der Waals surface area contributed by atoms with E-state index in [9.17, 15) is 4.79 Å². The van der Waals surface area contributed by atoms with Gasteiger partial charge in [-0.25, -0.2) is 4.98 Å². The van der Waals surface area contributed by atoms with Crippen molar-refractivity contribution in [1.82, 2.24) is 4.98 Å². The maximum atomic E-state index is 11.6. The summed E-state index contributed by atoms with van der Waals surface area (Å²) in [5, 5.41) is 0. The third-order valence-corrected chi connectivity index (χ3v) is 2.12. The number of rotatable bonds is 4. The molecule has 5 heteroatoms. The molecule has 76 valence electrons. The molecule has 0 aliphatic rings. The van der Waals surface area contributed by atoms with Gasteiger partial charge in [0, 0.05) is 17.1 Å². The Balaban J connectivity index is 3.03. The summed E-state index contributed by atoms with van der Waals surface area (Å²) >= 11 is 3.24. The number of carbonyl (C=O) groups is 1. The minimum Gasteiger partial charge on any atom is -0.480 e. The van der Waals surface area contributed by atoms with Crippen LogP contribution in [-0.2, 0) is 0 Å². The summed E-state index contributed by atoms with van der Waals surface area (Å²) in [5.41, 5.74) is 5.77. The van der Waals surface area contributed by atoms with Crippen LogP contribution in [-0.4, -0.2) is 24.4 Å². The molecule has 14 heavy (non-hydrogen) atoms. The van der Waals surface area contributed by atoms with Crippen molar-refractivity contribution in [2.24, 2.45) is 5.73 Å². The first-order chi connectivity index (χ1) is 6.69. The van der Waals surface area contributed by atoms with E-state index in [4.69, 9.17) is 10.5 Å². The Bertz CT molecular complexity index is 342. The van der Waals surface area contributed by atoms with Gasteiger partial charge in [0.2, 0.25) is 5.88 Å². The molecular weight excluding hydrogens is 248 g/mol. The number of pyridine rings is 1. The zero-order chi connectivity index (χ0) is 10.6. The van der Waals surface area contributed by atoms with Gasteiger partial charge in [-0.1, -0.05) is 0 Å². The van der Waals surface area contributed by atoms with Gasteiger partial charge in [0.25, 0.3) is 0 Å². The molecule has 0 atom stereocenters. The van der Waals surface area contributed by atoms with Crippen LogP contribution in [0.25, 0.3) is 0 Å². The molecule has 1 rings (SSSR count). The lowest BCUT2D eigenvalue weighted by Gasteiger charge is -2.05. The lowest BCUT2D eigenvalue weighted by Crippen LogP contribution is -2.10. The van der Waals surface area contributed by atoms with Crippen LogP contribution in [0.2, 0.25) is 0 Å². The Labute approximate surface area is 90.6 Å². The number of halogens is 1. The van der Waals surface area contributed by atoms with E-state index in [1.54, 1.807) is 12.3 Å². The molecular formula is C9H11BrN2O2. The monoisotopic (exact) mass is 258 g/mol. The van der Waals surface area contributed by atoms with Crippen LogP contribution < -0.4 is 10.5 Å². The highest BCUT2D eigenvalue weighted by atomic mass is 79.9. The third-order valence-electron chi connectivity index (χ3n) is 1.68. The number of ether oxygens (including phenoxy) is 1. The number of carbonyl (C=O) groups excluding carboxylic acids is 1. The van der Waals surface area contributed by atoms with Gasteiger partial charge < -0.3 is 10.5 Å². The highest BCUT2D eigenvalue weighted by molar-refractivity contribution is 9.10. The molecule has 4 nitrogen and oxygen atoms in total. The normalized spacial score (nSPS) is 9.93. The maximum Gasteiger partial charge on any atom is 0.224 e. The predicted molar refractivity (Wildman–Crippen MR) is 56.5 cm³/mol. The topological polar surface area (TPSA) is 65.2 Å². The molecule has 0 spiro atoms. The number of nitrogens with two attached hydrogens (primary N) is 1. The van der Waals surface area contributed by atoms with Crippen LogP contribution in [0.3, 0.4) is 0 Å². The van der Waals surface area contributed by atoms with Crippen LogP contribution in [0.5, 0.6) is 5.88 Å². The highest BCUT2D eigenvalue weighted by Crippen LogP contribution is 2.20. The molecule has 1 aromatic heterocycles. The molecule has 0 radical (unpaired) electrons. The van der Waals surface area contributed by atoms with Crippen LogP contribution >= 0.6 is 15.9 Å². The van der Waals surface area contributed by atoms with E-state index in [1.165, 1.54) is 7.11 Å². The second-order valence-corrected chi connectivity index (χ2v) is 3.59. The van der Waals surface area contributed by atoms with E-state index >= 15 is 0 Å². The van der Waals surface area contributed by atoms with Gasteiger partial charge >= 0.3 is 0 Å². The zero-order valence-electron chi connectivity index (χ0n) is 7.79. The van der Waals surface area contributed by atoms with Crippen molar-refractivity contribution < 1.29 is 9.53 Å². The zero-order valence-corrected chi connectivity index (χ0v) is 9.37. The fourth-order valence-corrected chi connectivity index (χ4v) is 1.39. The summed E-state index contributed by atoms with van der Waals surface area (Å²) in [6.07, 6.45) is 1.88. The summed E-state index contributed by atoms with van der Waals surface area (Å²) in [5.74, 6) is 0.282. The predicted octanol–water partition coefficient (Wildman–Crippen LogP) is 1.38. The fraction of sp³-hybridized carbons (Fsp3) is 0.333. The lowest BCUT2D eigenvalue weighted by atomic mass is 10.1. The van der Waals surface area contributed by atoms with Gasteiger partial charge in [-0.05, 0) is 28.5 Å². The number of hydrogen-bond donors (Lipinski definition) is 1. The average Bonchev–Trinajstić information content (AvgIpc) is 2.18. The standard InChI is InChI=1S/C9H11BrN2O2/c1-14-9-7(8(13)2-3-11)4-6(10)5-12-9/h4-5H,2-3,11H2,1H3. The van der Waals surface area contributed by atoms with E-state index < -0.39 is 0 Å². The Morgan fingerprint density at radius 2 is 2.43 bits per heavy atom. The Kier molecular flexibility index (Phi) is 4.03. The summed E-state index contributed by atoms with van der Waals surface area (Å²) in [6.45, 7) is 0.328. The first-order valence-corrected chi connectivity index (χ1v) is 4.91. The van der Waals surface area contributed by atoms with Crippen molar-refractivity contribution in [1.29, 1.82) is 0 Å². The summed E-state index contributed by atoms with van der Waals surface area (Å²) < 4.78 is 5.72. The molecule has 1 aromatic rings. The summed E-state index contributed by atoms with van der Waals surface area (Å²) in [6, 6.07) is 1.68. The van der Waals surface area contributed by atoms with Gasteiger partial charge in [-0.15, -0.1) is 0 Å². The Hall–Kier alpha value is -0.940. The van der Waals surface area contributed by atoms with Gasteiger partial charge in [-0.3, -0.25) is 4.79 Å². The number of nitrogens with zero attached hydrogens (tertiary/aromatic N) is 1. The van der Waals surface area contributed by atoms with Crippen molar-refractivity contribution in [2.45, 2.75) is 6.42 Å². The smallest absolute Gasteiger partial charge is 0.224 e. The SMILES string of the molecule is COc1ncc(Br)cc1C(=O)CCN. The molecule has 1 heterocycles. The molecule has 0 aliphatic carbocycles. The average molecular weight is 259 g/mol. The first kappa shape index (κ1) is 11.1. The largest absolute Gasteiger partial charge is 0.480 e. The van der Waals surface area contributed by atoms with E-state index in [1.807, 2.05) is 0 Å². The second-order valence-electron chi connectivity index (χ2n) is 2.67. The molecule has 0 saturated carbocycles. The van der Waals surface area contributed by atoms with Gasteiger partial charge in [0.1, 0.15) is 0 Å². The minimum atomic E-state index is -0.0573. The van der Waals surface area contributed by atoms with Gasteiger partial charge in [-0.2, -0.15) is 0 Å². The number of methoxy groups -OCH3 is 1. The highest BCUT2D eigenvalue weighted by Gasteiger charge is 2.12. The number of ketones is 1. The van der Waals surface area contributed by atoms with E-state index in [-0.39, 0.29) is 5.78 Å². The molecule has 0 unspecified atom stereocenters. The molecule has 0 amide bonds. The van der Waals surface area contributed by atoms with Crippen LogP contribution in [0, 0.1) is 0 Å². The molecule has 0 saturated heterocycles. The third kappa shape index (κ3) is 2.52. The second kappa shape index (κ2) is 5.07. The van der Waals surface area contributed by atoms with Gasteiger partial charge in [0.05, 0.1) is 12.7 Å². The van der Waals surface area contributed by atoms with Crippen LogP contribution in [0.15, 0.2) is 16.7 Å². The number of aromatic nitrogens is 1. The maximum absolute atomic E-state index is 11.6. The van der Waals surface area contributed by atoms with E-state index in [0.29, 0.717) is 24.4 Å². The first-order valence-electron chi connectivity index (χ1n) is 4.12. The lowest BCUT2D eigenvalue weighted by molar-refractivity contribution is 0.0981. The Morgan fingerprint density at radius 3 is 3.00 bits per heavy atom. The fourth-order valence-electron chi connectivity index (χ4n) is 1.05. The molecule has 2 N–H and O–H groups in total.